The molecule has 1 heterocycles. The number of nitrogens with one attached hydrogen (secondary N) is 1. The highest BCUT2D eigenvalue weighted by atomic mass is 32.2. The molecule has 0 aliphatic rings. The number of carbonyl (C=O) groups is 2. The molecule has 168 valence electrons. The second-order valence-electron chi connectivity index (χ2n) is 7.17. The molecule has 9 heteroatoms. The van der Waals surface area contributed by atoms with E-state index in [1.165, 1.54) is 43.3 Å². The third-order valence-electron chi connectivity index (χ3n) is 4.68. The molecule has 0 radical (unpaired) electrons. The first-order valence-electron chi connectivity index (χ1n) is 9.79. The summed E-state index contributed by atoms with van der Waals surface area (Å²) in [7, 11) is -3.64. The Labute approximate surface area is 185 Å². The maximum Gasteiger partial charge on any atom is 0.375 e. The molecule has 0 aliphatic heterocycles. The Kier molecular flexibility index (Phi) is 7.09. The second-order valence-corrected chi connectivity index (χ2v) is 9.16. The summed E-state index contributed by atoms with van der Waals surface area (Å²) in [5.41, 5.74) is 0.688. The Balaban J connectivity index is 1.58. The van der Waals surface area contributed by atoms with Crippen LogP contribution in [-0.4, -0.2) is 26.4 Å². The zero-order valence-electron chi connectivity index (χ0n) is 17.4. The highest BCUT2D eigenvalue weighted by molar-refractivity contribution is 7.90. The zero-order chi connectivity index (χ0) is 23.3. The number of amides is 1. The molecule has 7 nitrogen and oxygen atoms in total. The molecule has 3 rings (SSSR count). The lowest BCUT2D eigenvalue weighted by atomic mass is 10.1. The van der Waals surface area contributed by atoms with Gasteiger partial charge in [-0.25, -0.2) is 17.6 Å². The first-order valence-corrected chi connectivity index (χ1v) is 11.4. The number of esters is 1. The molecular weight excluding hydrogens is 437 g/mol. The predicted molar refractivity (Wildman–Crippen MR) is 114 cm³/mol. The SMILES string of the molecule is CC(OC(=O)c1ccc(CS(=O)(=O)c2ccccc2)o1)C(=O)NC(C)c1ccc(F)cc1. The van der Waals surface area contributed by atoms with Crippen LogP contribution in [0.25, 0.3) is 0 Å². The van der Waals surface area contributed by atoms with E-state index in [2.05, 4.69) is 5.32 Å². The van der Waals surface area contributed by atoms with Crippen LogP contribution in [0.1, 0.15) is 41.8 Å². The Bertz CT molecular complexity index is 1190. The summed E-state index contributed by atoms with van der Waals surface area (Å²) >= 11 is 0. The summed E-state index contributed by atoms with van der Waals surface area (Å²) in [5, 5.41) is 2.68. The van der Waals surface area contributed by atoms with Crippen molar-refractivity contribution in [1.82, 2.24) is 5.32 Å². The summed E-state index contributed by atoms with van der Waals surface area (Å²) < 4.78 is 48.4. The van der Waals surface area contributed by atoms with Crippen molar-refractivity contribution in [2.24, 2.45) is 0 Å². The van der Waals surface area contributed by atoms with E-state index in [0.29, 0.717) is 5.56 Å². The van der Waals surface area contributed by atoms with Crippen LogP contribution in [0.2, 0.25) is 0 Å². The molecule has 1 amide bonds. The van der Waals surface area contributed by atoms with Gasteiger partial charge in [0.1, 0.15) is 17.3 Å². The number of sulfone groups is 1. The van der Waals surface area contributed by atoms with Crippen molar-refractivity contribution in [2.45, 2.75) is 36.6 Å². The quantitative estimate of drug-likeness (QED) is 0.514. The second kappa shape index (κ2) is 9.78. The first kappa shape index (κ1) is 23.2. The van der Waals surface area contributed by atoms with E-state index in [4.69, 9.17) is 9.15 Å². The third-order valence-corrected chi connectivity index (χ3v) is 6.33. The van der Waals surface area contributed by atoms with Gasteiger partial charge in [0.05, 0.1) is 10.9 Å². The molecule has 0 aliphatic carbocycles. The van der Waals surface area contributed by atoms with Gasteiger partial charge in [0.15, 0.2) is 15.9 Å². The van der Waals surface area contributed by atoms with Gasteiger partial charge in [0.2, 0.25) is 5.76 Å². The van der Waals surface area contributed by atoms with Crippen molar-refractivity contribution in [1.29, 1.82) is 0 Å². The number of hydrogen-bond donors (Lipinski definition) is 1. The largest absolute Gasteiger partial charge is 0.453 e. The molecule has 1 N–H and O–H groups in total. The molecule has 2 atom stereocenters. The van der Waals surface area contributed by atoms with Gasteiger partial charge >= 0.3 is 5.97 Å². The van der Waals surface area contributed by atoms with Crippen LogP contribution in [0, 0.1) is 5.82 Å². The minimum atomic E-state index is -3.64. The number of rotatable bonds is 8. The van der Waals surface area contributed by atoms with Crippen LogP contribution >= 0.6 is 0 Å². The van der Waals surface area contributed by atoms with Crippen molar-refractivity contribution in [3.05, 3.63) is 89.6 Å². The van der Waals surface area contributed by atoms with Gasteiger partial charge in [0.25, 0.3) is 5.91 Å². The number of hydrogen-bond acceptors (Lipinski definition) is 6. The van der Waals surface area contributed by atoms with Crippen LogP contribution in [0.4, 0.5) is 4.39 Å². The number of ether oxygens (including phenoxy) is 1. The maximum absolute atomic E-state index is 13.0. The van der Waals surface area contributed by atoms with E-state index in [1.807, 2.05) is 0 Å². The minimum Gasteiger partial charge on any atom is -0.453 e. The lowest BCUT2D eigenvalue weighted by Gasteiger charge is -2.18. The van der Waals surface area contributed by atoms with E-state index < -0.39 is 39.6 Å². The fraction of sp³-hybridized carbons (Fsp3) is 0.217. The van der Waals surface area contributed by atoms with E-state index in [9.17, 15) is 22.4 Å². The van der Waals surface area contributed by atoms with Crippen molar-refractivity contribution in [2.75, 3.05) is 0 Å². The van der Waals surface area contributed by atoms with Gasteiger partial charge in [-0.05, 0) is 55.8 Å². The summed E-state index contributed by atoms with van der Waals surface area (Å²) in [6, 6.07) is 15.8. The molecule has 2 unspecified atom stereocenters. The maximum atomic E-state index is 13.0. The van der Waals surface area contributed by atoms with Crippen LogP contribution in [0.15, 0.2) is 76.0 Å². The van der Waals surface area contributed by atoms with Gasteiger partial charge in [-0.1, -0.05) is 30.3 Å². The summed E-state index contributed by atoms with van der Waals surface area (Å²) in [5.74, 6) is -2.39. The topological polar surface area (TPSA) is 103 Å². The van der Waals surface area contributed by atoms with Crippen LogP contribution in [-0.2, 0) is 25.1 Å². The normalized spacial score (nSPS) is 13.2. The van der Waals surface area contributed by atoms with Gasteiger partial charge in [-0.2, -0.15) is 0 Å². The van der Waals surface area contributed by atoms with E-state index in [1.54, 1.807) is 37.3 Å². The van der Waals surface area contributed by atoms with Gasteiger partial charge < -0.3 is 14.5 Å². The van der Waals surface area contributed by atoms with Gasteiger partial charge in [-0.3, -0.25) is 4.79 Å². The average Bonchev–Trinajstić information content (AvgIpc) is 3.22. The molecule has 2 aromatic carbocycles. The Morgan fingerprint density at radius 1 is 1.00 bits per heavy atom. The minimum absolute atomic E-state index is 0.0721. The first-order chi connectivity index (χ1) is 15.2. The fourth-order valence-electron chi connectivity index (χ4n) is 2.90. The molecule has 0 bridgehead atoms. The Morgan fingerprint density at radius 2 is 1.66 bits per heavy atom. The molecule has 3 aromatic rings. The Morgan fingerprint density at radius 3 is 2.31 bits per heavy atom. The fourth-order valence-corrected chi connectivity index (χ4v) is 4.17. The molecule has 0 fully saturated rings. The molecular formula is C23H22FNO6S. The van der Waals surface area contributed by atoms with E-state index in [0.717, 1.165) is 0 Å². The van der Waals surface area contributed by atoms with Crippen LogP contribution < -0.4 is 5.32 Å². The van der Waals surface area contributed by atoms with E-state index >= 15 is 0 Å². The highest BCUT2D eigenvalue weighted by Crippen LogP contribution is 2.19. The summed E-state index contributed by atoms with van der Waals surface area (Å²) in [4.78, 5) is 24.8. The smallest absolute Gasteiger partial charge is 0.375 e. The van der Waals surface area contributed by atoms with Crippen molar-refractivity contribution < 1.29 is 31.6 Å². The average molecular weight is 459 g/mol. The highest BCUT2D eigenvalue weighted by Gasteiger charge is 2.24. The van der Waals surface area contributed by atoms with Crippen LogP contribution in [0.5, 0.6) is 0 Å². The molecule has 0 saturated carbocycles. The molecule has 0 spiro atoms. The number of halogens is 1. The lowest BCUT2D eigenvalue weighted by Crippen LogP contribution is -2.37. The predicted octanol–water partition coefficient (Wildman–Crippen LogP) is 3.82. The number of carbonyl (C=O) groups excluding carboxylic acids is 2. The van der Waals surface area contributed by atoms with Crippen molar-refractivity contribution in [3.63, 3.8) is 0 Å². The summed E-state index contributed by atoms with van der Waals surface area (Å²) in [6.45, 7) is 3.11. The van der Waals surface area contributed by atoms with Crippen molar-refractivity contribution in [3.8, 4) is 0 Å². The third kappa shape index (κ3) is 5.82. The number of benzene rings is 2. The molecule has 1 aromatic heterocycles. The van der Waals surface area contributed by atoms with Crippen molar-refractivity contribution >= 4 is 21.7 Å². The monoisotopic (exact) mass is 459 g/mol. The standard InChI is InChI=1S/C23H22FNO6S/c1-15(17-8-10-18(24)11-9-17)25-22(26)16(2)30-23(27)21-13-12-19(31-21)14-32(28,29)20-6-4-3-5-7-20/h3-13,15-16H,14H2,1-2H3,(H,25,26). The Hall–Kier alpha value is -3.46. The molecule has 32 heavy (non-hydrogen) atoms. The van der Waals surface area contributed by atoms with E-state index in [-0.39, 0.29) is 22.2 Å². The summed E-state index contributed by atoms with van der Waals surface area (Å²) in [6.07, 6.45) is -1.13. The van der Waals surface area contributed by atoms with Gasteiger partial charge in [0, 0.05) is 0 Å². The number of furan rings is 1. The zero-order valence-corrected chi connectivity index (χ0v) is 18.3. The van der Waals surface area contributed by atoms with Gasteiger partial charge in [-0.15, -0.1) is 0 Å². The lowest BCUT2D eigenvalue weighted by molar-refractivity contribution is -0.129. The van der Waals surface area contributed by atoms with Crippen LogP contribution in [0.3, 0.4) is 0 Å². The molecule has 0 saturated heterocycles.